The number of urea groups is 1. The summed E-state index contributed by atoms with van der Waals surface area (Å²) in [4.78, 5) is 33.8. The Morgan fingerprint density at radius 1 is 1.28 bits per heavy atom. The summed E-state index contributed by atoms with van der Waals surface area (Å²) in [5, 5.41) is 7.25. The molecule has 6 nitrogen and oxygen atoms in total. The Morgan fingerprint density at radius 2 is 2.00 bits per heavy atom. The molecule has 6 heteroatoms. The minimum absolute atomic E-state index is 0.00735. The van der Waals surface area contributed by atoms with Crippen LogP contribution in [0.15, 0.2) is 0 Å². The molecular formula is C12H21N3O3. The maximum atomic E-state index is 11.7. The van der Waals surface area contributed by atoms with E-state index in [4.69, 9.17) is 0 Å². The van der Waals surface area contributed by atoms with E-state index >= 15 is 0 Å². The Hall–Kier alpha value is -1.59. The Labute approximate surface area is 107 Å². The summed E-state index contributed by atoms with van der Waals surface area (Å²) in [6, 6.07) is -1.34. The minimum Gasteiger partial charge on any atom is -0.354 e. The first kappa shape index (κ1) is 14.5. The molecule has 0 aromatic rings. The van der Waals surface area contributed by atoms with Crippen LogP contribution in [0.5, 0.6) is 0 Å². The number of unbranched alkanes of at least 4 members (excludes halogenated alkanes) is 4. The fraction of sp³-hybridized carbons (Fsp3) is 0.750. The van der Waals surface area contributed by atoms with Gasteiger partial charge in [-0.3, -0.25) is 14.9 Å². The number of hydrogen-bond donors (Lipinski definition) is 3. The Bertz CT molecular complexity index is 302. The molecule has 102 valence electrons. The average molecular weight is 255 g/mol. The number of rotatable bonds is 7. The molecule has 1 saturated heterocycles. The largest absolute Gasteiger partial charge is 0.354 e. The van der Waals surface area contributed by atoms with Crippen molar-refractivity contribution in [1.82, 2.24) is 16.0 Å². The molecule has 0 spiro atoms. The predicted octanol–water partition coefficient (Wildman–Crippen LogP) is 0.671. The van der Waals surface area contributed by atoms with Gasteiger partial charge in [-0.15, -0.1) is 0 Å². The second kappa shape index (κ2) is 7.68. The lowest BCUT2D eigenvalue weighted by Crippen LogP contribution is -2.57. The van der Waals surface area contributed by atoms with Crippen LogP contribution in [0.25, 0.3) is 0 Å². The van der Waals surface area contributed by atoms with Crippen LogP contribution >= 0.6 is 0 Å². The van der Waals surface area contributed by atoms with E-state index in [9.17, 15) is 14.4 Å². The predicted molar refractivity (Wildman–Crippen MR) is 66.8 cm³/mol. The summed E-state index contributed by atoms with van der Waals surface area (Å²) in [5.41, 5.74) is 0. The van der Waals surface area contributed by atoms with Gasteiger partial charge in [0, 0.05) is 6.54 Å². The average Bonchev–Trinajstić information content (AvgIpc) is 2.32. The van der Waals surface area contributed by atoms with E-state index in [1.807, 2.05) is 0 Å². The fourth-order valence-corrected chi connectivity index (χ4v) is 1.83. The van der Waals surface area contributed by atoms with Gasteiger partial charge in [-0.2, -0.15) is 0 Å². The van der Waals surface area contributed by atoms with E-state index in [1.54, 1.807) is 0 Å². The number of nitrogens with one attached hydrogen (secondary N) is 3. The molecule has 0 bridgehead atoms. The molecule has 1 rings (SSSR count). The molecule has 0 radical (unpaired) electrons. The Kier molecular flexibility index (Phi) is 6.18. The lowest BCUT2D eigenvalue weighted by Gasteiger charge is -2.22. The highest BCUT2D eigenvalue weighted by molar-refractivity contribution is 6.02. The van der Waals surface area contributed by atoms with Crippen LogP contribution in [0, 0.1) is 0 Å². The summed E-state index contributed by atoms with van der Waals surface area (Å²) < 4.78 is 0. The van der Waals surface area contributed by atoms with E-state index in [1.165, 1.54) is 19.3 Å². The van der Waals surface area contributed by atoms with Crippen molar-refractivity contribution in [1.29, 1.82) is 0 Å². The van der Waals surface area contributed by atoms with Crippen LogP contribution in [-0.2, 0) is 9.59 Å². The fourth-order valence-electron chi connectivity index (χ4n) is 1.83. The van der Waals surface area contributed by atoms with Gasteiger partial charge in [-0.25, -0.2) is 4.79 Å². The highest BCUT2D eigenvalue weighted by atomic mass is 16.2. The first-order valence-electron chi connectivity index (χ1n) is 6.51. The second-order valence-electron chi connectivity index (χ2n) is 4.48. The summed E-state index contributed by atoms with van der Waals surface area (Å²) in [6.45, 7) is 2.75. The van der Waals surface area contributed by atoms with E-state index in [0.29, 0.717) is 6.54 Å². The third kappa shape index (κ3) is 5.16. The maximum absolute atomic E-state index is 11.7. The van der Waals surface area contributed by atoms with E-state index < -0.39 is 18.0 Å². The smallest absolute Gasteiger partial charge is 0.322 e. The van der Waals surface area contributed by atoms with Crippen LogP contribution < -0.4 is 16.0 Å². The van der Waals surface area contributed by atoms with Crippen LogP contribution in [-0.4, -0.2) is 30.4 Å². The number of carbonyl (C=O) groups is 3. The van der Waals surface area contributed by atoms with Crippen LogP contribution in [0.4, 0.5) is 4.79 Å². The molecule has 3 N–H and O–H groups in total. The minimum atomic E-state index is -0.734. The molecule has 18 heavy (non-hydrogen) atoms. The van der Waals surface area contributed by atoms with Crippen molar-refractivity contribution in [2.24, 2.45) is 0 Å². The zero-order valence-corrected chi connectivity index (χ0v) is 10.8. The molecule has 0 saturated carbocycles. The Balaban J connectivity index is 2.16. The molecule has 1 atom stereocenters. The van der Waals surface area contributed by atoms with Gasteiger partial charge in [-0.1, -0.05) is 32.6 Å². The lowest BCUT2D eigenvalue weighted by atomic mass is 10.1. The monoisotopic (exact) mass is 255 g/mol. The van der Waals surface area contributed by atoms with Crippen molar-refractivity contribution in [2.75, 3.05) is 6.54 Å². The topological polar surface area (TPSA) is 87.3 Å². The van der Waals surface area contributed by atoms with Gasteiger partial charge in [0.05, 0.1) is 6.42 Å². The third-order valence-electron chi connectivity index (χ3n) is 2.84. The normalized spacial score (nSPS) is 19.1. The summed E-state index contributed by atoms with van der Waals surface area (Å²) in [7, 11) is 0. The molecule has 1 heterocycles. The maximum Gasteiger partial charge on any atom is 0.322 e. The van der Waals surface area contributed by atoms with Crippen LogP contribution in [0.1, 0.15) is 45.4 Å². The van der Waals surface area contributed by atoms with Crippen molar-refractivity contribution in [3.05, 3.63) is 0 Å². The van der Waals surface area contributed by atoms with E-state index in [0.717, 1.165) is 12.8 Å². The van der Waals surface area contributed by atoms with E-state index in [-0.39, 0.29) is 12.3 Å². The third-order valence-corrected chi connectivity index (χ3v) is 2.84. The van der Waals surface area contributed by atoms with E-state index in [2.05, 4.69) is 22.9 Å². The van der Waals surface area contributed by atoms with Crippen molar-refractivity contribution in [3.63, 3.8) is 0 Å². The van der Waals surface area contributed by atoms with Gasteiger partial charge in [-0.05, 0) is 6.42 Å². The molecule has 1 aliphatic rings. The molecule has 1 aliphatic heterocycles. The van der Waals surface area contributed by atoms with Gasteiger partial charge in [0.1, 0.15) is 6.04 Å². The first-order valence-corrected chi connectivity index (χ1v) is 6.51. The quantitative estimate of drug-likeness (QED) is 0.584. The molecule has 4 amide bonds. The van der Waals surface area contributed by atoms with Crippen molar-refractivity contribution in [2.45, 2.75) is 51.5 Å². The molecule has 0 aliphatic carbocycles. The standard InChI is InChI=1S/C12H21N3O3/c1-2-3-4-5-6-7-13-11(17)9-8-10(16)15-12(18)14-9/h9H,2-8H2,1H3,(H,13,17)(H2,14,15,16,18). The van der Waals surface area contributed by atoms with Gasteiger partial charge < -0.3 is 10.6 Å². The lowest BCUT2D eigenvalue weighted by molar-refractivity contribution is -0.128. The summed E-state index contributed by atoms with van der Waals surface area (Å²) in [5.74, 6) is -0.699. The molecule has 0 aromatic heterocycles. The van der Waals surface area contributed by atoms with Crippen molar-refractivity contribution >= 4 is 17.8 Å². The van der Waals surface area contributed by atoms with Gasteiger partial charge in [0.25, 0.3) is 0 Å². The molecule has 1 unspecified atom stereocenters. The number of imide groups is 1. The zero-order valence-electron chi connectivity index (χ0n) is 10.8. The number of hydrogen-bond acceptors (Lipinski definition) is 3. The SMILES string of the molecule is CCCCCCCNC(=O)C1CC(=O)NC(=O)N1. The second-order valence-corrected chi connectivity index (χ2v) is 4.48. The molecule has 1 fully saturated rings. The molecular weight excluding hydrogens is 234 g/mol. The zero-order chi connectivity index (χ0) is 13.4. The number of carbonyl (C=O) groups excluding carboxylic acids is 3. The van der Waals surface area contributed by atoms with Gasteiger partial charge in [0.15, 0.2) is 0 Å². The molecule has 0 aromatic carbocycles. The van der Waals surface area contributed by atoms with Gasteiger partial charge in [0.2, 0.25) is 11.8 Å². The Morgan fingerprint density at radius 3 is 2.67 bits per heavy atom. The summed E-state index contributed by atoms with van der Waals surface area (Å²) >= 11 is 0. The van der Waals surface area contributed by atoms with Crippen molar-refractivity contribution < 1.29 is 14.4 Å². The summed E-state index contributed by atoms with van der Waals surface area (Å²) in [6.07, 6.45) is 5.61. The van der Waals surface area contributed by atoms with Crippen LogP contribution in [0.2, 0.25) is 0 Å². The van der Waals surface area contributed by atoms with Gasteiger partial charge >= 0.3 is 6.03 Å². The van der Waals surface area contributed by atoms with Crippen LogP contribution in [0.3, 0.4) is 0 Å². The first-order chi connectivity index (χ1) is 8.63. The highest BCUT2D eigenvalue weighted by Gasteiger charge is 2.28. The van der Waals surface area contributed by atoms with Crippen molar-refractivity contribution in [3.8, 4) is 0 Å². The number of amides is 4. The highest BCUT2D eigenvalue weighted by Crippen LogP contribution is 2.02.